The molecule has 3 N–H and O–H groups in total. The first kappa shape index (κ1) is 19.5. The van der Waals surface area contributed by atoms with Crippen molar-refractivity contribution >= 4 is 40.1 Å². The van der Waals surface area contributed by atoms with Crippen molar-refractivity contribution in [3.63, 3.8) is 0 Å². The fourth-order valence-corrected chi connectivity index (χ4v) is 4.32. The average Bonchev–Trinajstić information content (AvgIpc) is 3.08. The Morgan fingerprint density at radius 2 is 1.86 bits per heavy atom. The van der Waals surface area contributed by atoms with Crippen LogP contribution in [0.3, 0.4) is 0 Å². The zero-order valence-corrected chi connectivity index (χ0v) is 16.8. The lowest BCUT2D eigenvalue weighted by atomic mass is 9.88. The van der Waals surface area contributed by atoms with Crippen LogP contribution in [0, 0.1) is 5.92 Å². The number of benzene rings is 2. The smallest absolute Gasteiger partial charge is 0.307 e. The molecule has 1 heterocycles. The van der Waals surface area contributed by atoms with Gasteiger partial charge in [0.1, 0.15) is 0 Å². The molecule has 1 aromatic heterocycles. The fraction of sp³-hybridized carbons (Fsp3) is 0.304. The summed E-state index contributed by atoms with van der Waals surface area (Å²) >= 11 is 6.35. The summed E-state index contributed by atoms with van der Waals surface area (Å²) in [7, 11) is 0. The molecule has 150 valence electrons. The van der Waals surface area contributed by atoms with Gasteiger partial charge in [0.25, 0.3) is 0 Å². The number of halogens is 1. The van der Waals surface area contributed by atoms with E-state index in [1.807, 2.05) is 36.4 Å². The molecule has 6 heteroatoms. The third-order valence-corrected chi connectivity index (χ3v) is 5.96. The van der Waals surface area contributed by atoms with Gasteiger partial charge in [0, 0.05) is 22.4 Å². The van der Waals surface area contributed by atoms with E-state index < -0.39 is 5.97 Å². The molecule has 0 aliphatic heterocycles. The van der Waals surface area contributed by atoms with E-state index in [1.54, 1.807) is 6.07 Å². The summed E-state index contributed by atoms with van der Waals surface area (Å²) in [4.78, 5) is 27.4. The molecule has 29 heavy (non-hydrogen) atoms. The van der Waals surface area contributed by atoms with Crippen molar-refractivity contribution in [2.45, 2.75) is 38.5 Å². The van der Waals surface area contributed by atoms with Crippen molar-refractivity contribution in [1.82, 2.24) is 4.98 Å². The van der Waals surface area contributed by atoms with Gasteiger partial charge in [-0.25, -0.2) is 0 Å². The Bertz CT molecular complexity index is 1070. The maximum Gasteiger partial charge on any atom is 0.307 e. The maximum atomic E-state index is 12.7. The van der Waals surface area contributed by atoms with Gasteiger partial charge in [-0.2, -0.15) is 0 Å². The molecule has 0 spiro atoms. The number of carboxylic acids is 1. The van der Waals surface area contributed by atoms with E-state index in [0.717, 1.165) is 53.4 Å². The molecule has 3 aromatic rings. The van der Waals surface area contributed by atoms with E-state index in [4.69, 9.17) is 11.6 Å². The van der Waals surface area contributed by atoms with Crippen LogP contribution >= 0.6 is 11.6 Å². The second-order valence-electron chi connectivity index (χ2n) is 7.61. The minimum Gasteiger partial charge on any atom is -0.481 e. The van der Waals surface area contributed by atoms with Crippen LogP contribution in [0.5, 0.6) is 0 Å². The number of aliphatic carboxylic acids is 1. The minimum absolute atomic E-state index is 0.00570. The number of amides is 1. The van der Waals surface area contributed by atoms with Crippen LogP contribution in [0.15, 0.2) is 42.5 Å². The zero-order chi connectivity index (χ0) is 20.4. The topological polar surface area (TPSA) is 82.2 Å². The van der Waals surface area contributed by atoms with E-state index in [0.29, 0.717) is 10.7 Å². The number of hydrogen-bond acceptors (Lipinski definition) is 2. The lowest BCUT2D eigenvalue weighted by Gasteiger charge is -2.21. The number of H-pyrrole nitrogens is 1. The molecule has 1 fully saturated rings. The number of rotatable bonds is 5. The third kappa shape index (κ3) is 4.15. The van der Waals surface area contributed by atoms with Crippen molar-refractivity contribution in [3.05, 3.63) is 53.1 Å². The van der Waals surface area contributed by atoms with E-state index >= 15 is 0 Å². The Morgan fingerprint density at radius 3 is 2.62 bits per heavy atom. The van der Waals surface area contributed by atoms with Crippen LogP contribution in [-0.2, 0) is 16.0 Å². The number of para-hydroxylation sites is 1. The molecule has 0 saturated heterocycles. The number of nitrogens with one attached hydrogen (secondary N) is 2. The summed E-state index contributed by atoms with van der Waals surface area (Å²) in [5.41, 5.74) is 3.68. The summed E-state index contributed by atoms with van der Waals surface area (Å²) in [5, 5.41) is 13.7. The predicted molar refractivity (Wildman–Crippen MR) is 115 cm³/mol. The molecule has 1 aliphatic rings. The van der Waals surface area contributed by atoms with Crippen LogP contribution in [0.2, 0.25) is 5.02 Å². The molecule has 0 radical (unpaired) electrons. The first-order valence-corrected chi connectivity index (χ1v) is 10.3. The van der Waals surface area contributed by atoms with E-state index in [-0.39, 0.29) is 18.2 Å². The van der Waals surface area contributed by atoms with Crippen LogP contribution in [0.25, 0.3) is 22.2 Å². The van der Waals surface area contributed by atoms with Gasteiger partial charge < -0.3 is 15.4 Å². The first-order chi connectivity index (χ1) is 14.0. The van der Waals surface area contributed by atoms with Crippen LogP contribution < -0.4 is 5.32 Å². The largest absolute Gasteiger partial charge is 0.481 e. The number of fused-ring (bicyclic) bond motifs is 1. The molecule has 1 saturated carbocycles. The summed E-state index contributed by atoms with van der Waals surface area (Å²) < 4.78 is 0. The van der Waals surface area contributed by atoms with Crippen molar-refractivity contribution < 1.29 is 14.7 Å². The Hall–Kier alpha value is -2.79. The SMILES string of the molecule is O=C(O)Cc1c(-c2ccc(Cl)c(NC(=O)C3CCCCC3)c2)[nH]c2ccccc12. The first-order valence-electron chi connectivity index (χ1n) is 9.95. The maximum absolute atomic E-state index is 12.7. The highest BCUT2D eigenvalue weighted by atomic mass is 35.5. The summed E-state index contributed by atoms with van der Waals surface area (Å²) in [5.74, 6) is -0.860. The number of carbonyl (C=O) groups excluding carboxylic acids is 1. The van der Waals surface area contributed by atoms with Crippen molar-refractivity contribution in [1.29, 1.82) is 0 Å². The molecule has 0 bridgehead atoms. The highest BCUT2D eigenvalue weighted by Crippen LogP contribution is 2.35. The Balaban J connectivity index is 1.70. The summed E-state index contributed by atoms with van der Waals surface area (Å²) in [6.07, 6.45) is 5.08. The van der Waals surface area contributed by atoms with Crippen LogP contribution in [0.1, 0.15) is 37.7 Å². The van der Waals surface area contributed by atoms with Gasteiger partial charge in [0.05, 0.1) is 22.8 Å². The standard InChI is InChI=1S/C23H23ClN2O3/c24-18-11-10-15(12-20(18)26-23(29)14-6-2-1-3-7-14)22-17(13-21(27)28)16-8-4-5-9-19(16)25-22/h4-5,8-12,14,25H,1-3,6-7,13H2,(H,26,29)(H,27,28). The molecule has 0 atom stereocenters. The number of carbonyl (C=O) groups is 2. The third-order valence-electron chi connectivity index (χ3n) is 5.63. The molecule has 2 aromatic carbocycles. The van der Waals surface area contributed by atoms with Gasteiger partial charge in [0.2, 0.25) is 5.91 Å². The molecular weight excluding hydrogens is 388 g/mol. The normalized spacial score (nSPS) is 14.8. The average molecular weight is 411 g/mol. The van der Waals surface area contributed by atoms with E-state index in [2.05, 4.69) is 10.3 Å². The van der Waals surface area contributed by atoms with Gasteiger partial charge >= 0.3 is 5.97 Å². The second-order valence-corrected chi connectivity index (χ2v) is 8.02. The molecule has 4 rings (SSSR count). The molecule has 0 unspecified atom stereocenters. The Morgan fingerprint density at radius 1 is 1.10 bits per heavy atom. The van der Waals surface area contributed by atoms with Crippen molar-refractivity contribution in [2.75, 3.05) is 5.32 Å². The molecular formula is C23H23ClN2O3. The Kier molecular flexibility index (Phi) is 5.58. The predicted octanol–water partition coefficient (Wildman–Crippen LogP) is 5.63. The van der Waals surface area contributed by atoms with Crippen LogP contribution in [0.4, 0.5) is 5.69 Å². The quantitative estimate of drug-likeness (QED) is 0.509. The zero-order valence-electron chi connectivity index (χ0n) is 16.0. The van der Waals surface area contributed by atoms with E-state index in [9.17, 15) is 14.7 Å². The highest BCUT2D eigenvalue weighted by molar-refractivity contribution is 6.33. The van der Waals surface area contributed by atoms with Crippen LogP contribution in [-0.4, -0.2) is 22.0 Å². The number of aromatic nitrogens is 1. The minimum atomic E-state index is -0.893. The van der Waals surface area contributed by atoms with Gasteiger partial charge in [0.15, 0.2) is 0 Å². The monoisotopic (exact) mass is 410 g/mol. The molecule has 1 amide bonds. The van der Waals surface area contributed by atoms with Gasteiger partial charge in [-0.15, -0.1) is 0 Å². The van der Waals surface area contributed by atoms with Crippen molar-refractivity contribution in [2.24, 2.45) is 5.92 Å². The van der Waals surface area contributed by atoms with Gasteiger partial charge in [-0.05, 0) is 36.6 Å². The van der Waals surface area contributed by atoms with Crippen molar-refractivity contribution in [3.8, 4) is 11.3 Å². The Labute approximate surface area is 174 Å². The number of aromatic amines is 1. The number of anilines is 1. The van der Waals surface area contributed by atoms with E-state index in [1.165, 1.54) is 6.42 Å². The number of hydrogen-bond donors (Lipinski definition) is 3. The second kappa shape index (κ2) is 8.29. The lowest BCUT2D eigenvalue weighted by molar-refractivity contribution is -0.136. The molecule has 5 nitrogen and oxygen atoms in total. The molecule has 1 aliphatic carbocycles. The highest BCUT2D eigenvalue weighted by Gasteiger charge is 2.22. The summed E-state index contributed by atoms with van der Waals surface area (Å²) in [6.45, 7) is 0. The lowest BCUT2D eigenvalue weighted by Crippen LogP contribution is -2.24. The van der Waals surface area contributed by atoms with Gasteiger partial charge in [-0.3, -0.25) is 9.59 Å². The summed E-state index contributed by atoms with van der Waals surface area (Å²) in [6, 6.07) is 13.0. The van der Waals surface area contributed by atoms with Gasteiger partial charge in [-0.1, -0.05) is 55.1 Å². The fourth-order valence-electron chi connectivity index (χ4n) is 4.16. The number of carboxylic acid groups (broad SMARTS) is 1.